The van der Waals surface area contributed by atoms with E-state index in [-0.39, 0.29) is 11.8 Å². The summed E-state index contributed by atoms with van der Waals surface area (Å²) in [6.45, 7) is 1.16. The van der Waals surface area contributed by atoms with Gasteiger partial charge in [0.15, 0.2) is 0 Å². The average molecular weight is 237 g/mol. The lowest BCUT2D eigenvalue weighted by Gasteiger charge is -2.23. The van der Waals surface area contributed by atoms with Crippen molar-refractivity contribution in [1.29, 1.82) is 0 Å². The van der Waals surface area contributed by atoms with E-state index >= 15 is 0 Å². The van der Waals surface area contributed by atoms with Crippen molar-refractivity contribution < 1.29 is 18.0 Å². The first-order chi connectivity index (χ1) is 7.38. The van der Waals surface area contributed by atoms with E-state index in [4.69, 9.17) is 0 Å². The molecule has 0 unspecified atom stereocenters. The Hall–Kier alpha value is -0.580. The molecule has 1 aliphatic rings. The monoisotopic (exact) mass is 237 g/mol. The molecule has 1 rings (SSSR count). The summed E-state index contributed by atoms with van der Waals surface area (Å²) in [6.07, 6.45) is -0.512. The highest BCUT2D eigenvalue weighted by Gasteiger charge is 2.37. The van der Waals surface area contributed by atoms with Crippen LogP contribution in [-0.2, 0) is 4.79 Å². The van der Waals surface area contributed by atoms with E-state index in [1.807, 2.05) is 0 Å². The molecule has 0 aromatic rings. The number of hydrogen-bond donors (Lipinski definition) is 0. The summed E-state index contributed by atoms with van der Waals surface area (Å²) in [5.74, 6) is 0.105. The van der Waals surface area contributed by atoms with E-state index in [1.54, 1.807) is 0 Å². The van der Waals surface area contributed by atoms with Crippen LogP contribution in [0.1, 0.15) is 39.0 Å². The molecule has 1 fully saturated rings. The normalized spacial score (nSPS) is 16.8. The molecule has 94 valence electrons. The maximum absolute atomic E-state index is 12.2. The van der Waals surface area contributed by atoms with Crippen LogP contribution in [0.5, 0.6) is 0 Å². The number of carbonyl (C=O) groups excluding carboxylic acids is 1. The topological polar surface area (TPSA) is 20.3 Å². The molecule has 0 aliphatic heterocycles. The minimum Gasteiger partial charge on any atom is -0.300 e. The Morgan fingerprint density at radius 3 is 2.38 bits per heavy atom. The minimum absolute atomic E-state index is 0.105. The Kier molecular flexibility index (Phi) is 4.77. The average Bonchev–Trinajstić information content (AvgIpc) is 2.90. The van der Waals surface area contributed by atoms with Gasteiger partial charge in [0, 0.05) is 12.5 Å². The molecular weight excluding hydrogens is 219 g/mol. The van der Waals surface area contributed by atoms with Crippen LogP contribution in [-0.4, -0.2) is 36.0 Å². The van der Waals surface area contributed by atoms with Gasteiger partial charge in [-0.25, -0.2) is 0 Å². The Morgan fingerprint density at radius 1 is 1.31 bits per heavy atom. The number of hydrogen-bond acceptors (Lipinski definition) is 2. The Bertz CT molecular complexity index is 236. The molecule has 0 atom stereocenters. The van der Waals surface area contributed by atoms with Crippen LogP contribution in [0.4, 0.5) is 13.2 Å². The third-order valence-corrected chi connectivity index (χ3v) is 2.67. The molecule has 0 bridgehead atoms. The van der Waals surface area contributed by atoms with Crippen molar-refractivity contribution in [3.8, 4) is 0 Å². The van der Waals surface area contributed by atoms with E-state index in [9.17, 15) is 18.0 Å². The second kappa shape index (κ2) is 5.66. The summed E-state index contributed by atoms with van der Waals surface area (Å²) < 4.78 is 36.7. The van der Waals surface area contributed by atoms with Gasteiger partial charge in [-0.05, 0) is 39.2 Å². The van der Waals surface area contributed by atoms with Gasteiger partial charge in [0.25, 0.3) is 0 Å². The van der Waals surface area contributed by atoms with E-state index in [0.29, 0.717) is 25.8 Å². The van der Waals surface area contributed by atoms with Gasteiger partial charge >= 0.3 is 6.18 Å². The molecule has 0 saturated heterocycles. The van der Waals surface area contributed by atoms with Gasteiger partial charge in [0.2, 0.25) is 0 Å². The third-order valence-electron chi connectivity index (χ3n) is 2.67. The molecule has 0 aromatic heterocycles. The fourth-order valence-corrected chi connectivity index (χ4v) is 1.75. The highest BCUT2D eigenvalue weighted by atomic mass is 19.4. The Labute approximate surface area is 93.8 Å². The molecular formula is C11H18F3NO. The highest BCUT2D eigenvalue weighted by molar-refractivity contribution is 5.75. The second-order valence-electron chi connectivity index (χ2n) is 4.48. The van der Waals surface area contributed by atoms with Crippen LogP contribution in [0.2, 0.25) is 0 Å². The largest absolute Gasteiger partial charge is 0.401 e. The highest BCUT2D eigenvalue weighted by Crippen LogP contribution is 2.30. The van der Waals surface area contributed by atoms with Gasteiger partial charge in [0.05, 0.1) is 6.54 Å². The zero-order valence-corrected chi connectivity index (χ0v) is 9.52. The number of alkyl halides is 3. The van der Waals surface area contributed by atoms with E-state index in [2.05, 4.69) is 0 Å². The predicted octanol–water partition coefficient (Wildman–Crippen LogP) is 2.77. The van der Waals surface area contributed by atoms with Crippen molar-refractivity contribution in [1.82, 2.24) is 4.90 Å². The first-order valence-electron chi connectivity index (χ1n) is 5.69. The maximum Gasteiger partial charge on any atom is 0.401 e. The quantitative estimate of drug-likeness (QED) is 0.634. The third kappa shape index (κ3) is 6.10. The van der Waals surface area contributed by atoms with Gasteiger partial charge in [-0.15, -0.1) is 0 Å². The molecule has 0 spiro atoms. The summed E-state index contributed by atoms with van der Waals surface area (Å²) in [7, 11) is 0. The number of Topliss-reactive ketones (excluding diaryl/α,β-unsaturated/α-hetero) is 1. The van der Waals surface area contributed by atoms with Crippen LogP contribution in [0.3, 0.4) is 0 Å². The molecule has 0 radical (unpaired) electrons. The van der Waals surface area contributed by atoms with Crippen molar-refractivity contribution >= 4 is 5.78 Å². The number of ketones is 1. The standard InChI is InChI=1S/C11H18F3NO/c1-9(16)4-2-3-7-15(10-5-6-10)8-11(12,13)14/h10H,2-8H2,1H3. The molecule has 1 saturated carbocycles. The van der Waals surface area contributed by atoms with Gasteiger partial charge in [-0.2, -0.15) is 13.2 Å². The molecule has 1 aliphatic carbocycles. The molecule has 0 amide bonds. The van der Waals surface area contributed by atoms with Crippen molar-refractivity contribution in [2.75, 3.05) is 13.1 Å². The Balaban J connectivity index is 2.21. The zero-order chi connectivity index (χ0) is 12.2. The predicted molar refractivity (Wildman–Crippen MR) is 55.2 cm³/mol. The molecule has 0 N–H and O–H groups in total. The molecule has 5 heteroatoms. The van der Waals surface area contributed by atoms with Crippen LogP contribution >= 0.6 is 0 Å². The van der Waals surface area contributed by atoms with E-state index in [0.717, 1.165) is 12.8 Å². The zero-order valence-electron chi connectivity index (χ0n) is 9.52. The van der Waals surface area contributed by atoms with Crippen molar-refractivity contribution in [3.63, 3.8) is 0 Å². The molecule has 16 heavy (non-hydrogen) atoms. The first kappa shape index (κ1) is 13.5. The van der Waals surface area contributed by atoms with Gasteiger partial charge in [-0.3, -0.25) is 4.90 Å². The second-order valence-corrected chi connectivity index (χ2v) is 4.48. The lowest BCUT2D eigenvalue weighted by atomic mass is 10.2. The number of rotatable bonds is 7. The van der Waals surface area contributed by atoms with Crippen molar-refractivity contribution in [2.24, 2.45) is 0 Å². The number of nitrogens with zero attached hydrogens (tertiary/aromatic N) is 1. The van der Waals surface area contributed by atoms with Crippen LogP contribution in [0.25, 0.3) is 0 Å². The maximum atomic E-state index is 12.2. The van der Waals surface area contributed by atoms with E-state index in [1.165, 1.54) is 11.8 Å². The van der Waals surface area contributed by atoms with Crippen LogP contribution in [0.15, 0.2) is 0 Å². The number of carbonyl (C=O) groups is 1. The summed E-state index contributed by atoms with van der Waals surface area (Å²) in [6, 6.07) is 0.124. The van der Waals surface area contributed by atoms with Crippen LogP contribution in [0, 0.1) is 0 Å². The summed E-state index contributed by atoms with van der Waals surface area (Å²) in [5, 5.41) is 0. The first-order valence-corrected chi connectivity index (χ1v) is 5.69. The lowest BCUT2D eigenvalue weighted by Crippen LogP contribution is -2.36. The number of halogens is 3. The Morgan fingerprint density at radius 2 is 1.94 bits per heavy atom. The van der Waals surface area contributed by atoms with Gasteiger partial charge < -0.3 is 4.79 Å². The van der Waals surface area contributed by atoms with Crippen LogP contribution < -0.4 is 0 Å². The van der Waals surface area contributed by atoms with Crippen molar-refractivity contribution in [3.05, 3.63) is 0 Å². The summed E-state index contributed by atoms with van der Waals surface area (Å²) >= 11 is 0. The SMILES string of the molecule is CC(=O)CCCCN(CC(F)(F)F)C1CC1. The fourth-order valence-electron chi connectivity index (χ4n) is 1.75. The number of unbranched alkanes of at least 4 members (excludes halogenated alkanes) is 1. The van der Waals surface area contributed by atoms with Gasteiger partial charge in [-0.1, -0.05) is 0 Å². The molecule has 0 heterocycles. The summed E-state index contributed by atoms with van der Waals surface area (Å²) in [5.41, 5.74) is 0. The molecule has 2 nitrogen and oxygen atoms in total. The fraction of sp³-hybridized carbons (Fsp3) is 0.909. The van der Waals surface area contributed by atoms with E-state index < -0.39 is 12.7 Å². The lowest BCUT2D eigenvalue weighted by molar-refractivity contribution is -0.147. The van der Waals surface area contributed by atoms with Crippen molar-refractivity contribution in [2.45, 2.75) is 51.2 Å². The smallest absolute Gasteiger partial charge is 0.300 e. The van der Waals surface area contributed by atoms with Gasteiger partial charge in [0.1, 0.15) is 5.78 Å². The minimum atomic E-state index is -4.11. The molecule has 0 aromatic carbocycles. The summed E-state index contributed by atoms with van der Waals surface area (Å²) in [4.78, 5) is 12.2.